The SMILES string of the molecule is Fc1cc2c(cc1F)CC(Nc1cc(-c3ncc(N4CC(c5cn[nH]n5)C4)[nH]3)ccn1)C2. The Labute approximate surface area is 182 Å². The molecule has 3 aromatic heterocycles. The molecular formula is C22H20F2N8. The molecule has 1 aliphatic heterocycles. The van der Waals surface area contributed by atoms with Crippen molar-refractivity contribution in [3.63, 3.8) is 0 Å². The van der Waals surface area contributed by atoms with E-state index >= 15 is 0 Å². The summed E-state index contributed by atoms with van der Waals surface area (Å²) in [5, 5.41) is 14.1. The summed E-state index contributed by atoms with van der Waals surface area (Å²) in [4.78, 5) is 14.5. The topological polar surface area (TPSA) is 98.4 Å². The first-order valence-electron chi connectivity index (χ1n) is 10.5. The Morgan fingerprint density at radius 2 is 1.78 bits per heavy atom. The summed E-state index contributed by atoms with van der Waals surface area (Å²) < 4.78 is 27.0. The maximum atomic E-state index is 13.5. The highest BCUT2D eigenvalue weighted by atomic mass is 19.2. The molecule has 2 aliphatic rings. The number of rotatable bonds is 5. The van der Waals surface area contributed by atoms with Crippen LogP contribution in [0.3, 0.4) is 0 Å². The Bertz CT molecular complexity index is 1230. The van der Waals surface area contributed by atoms with Gasteiger partial charge >= 0.3 is 0 Å². The van der Waals surface area contributed by atoms with Crippen molar-refractivity contribution in [2.24, 2.45) is 0 Å². The van der Waals surface area contributed by atoms with E-state index in [9.17, 15) is 8.78 Å². The largest absolute Gasteiger partial charge is 0.367 e. The number of nitrogens with one attached hydrogen (secondary N) is 3. The third kappa shape index (κ3) is 3.37. The Morgan fingerprint density at radius 3 is 2.50 bits per heavy atom. The van der Waals surface area contributed by atoms with E-state index in [0.717, 1.165) is 47.1 Å². The lowest BCUT2D eigenvalue weighted by molar-refractivity contribution is 0.507. The molecule has 10 heteroatoms. The van der Waals surface area contributed by atoms with Crippen LogP contribution >= 0.6 is 0 Å². The van der Waals surface area contributed by atoms with Gasteiger partial charge in [-0.3, -0.25) is 0 Å². The van der Waals surface area contributed by atoms with Crippen molar-refractivity contribution in [1.29, 1.82) is 0 Å². The molecule has 1 aliphatic carbocycles. The van der Waals surface area contributed by atoms with Gasteiger partial charge in [-0.15, -0.1) is 0 Å². The monoisotopic (exact) mass is 434 g/mol. The van der Waals surface area contributed by atoms with E-state index in [4.69, 9.17) is 0 Å². The summed E-state index contributed by atoms with van der Waals surface area (Å²) in [6.45, 7) is 1.72. The van der Waals surface area contributed by atoms with E-state index < -0.39 is 11.6 Å². The number of H-pyrrole nitrogens is 2. The minimum absolute atomic E-state index is 0.0377. The number of fused-ring (bicyclic) bond motifs is 1. The van der Waals surface area contributed by atoms with Crippen LogP contribution < -0.4 is 10.2 Å². The predicted molar refractivity (Wildman–Crippen MR) is 114 cm³/mol. The summed E-state index contributed by atoms with van der Waals surface area (Å²) in [5.41, 5.74) is 3.57. The van der Waals surface area contributed by atoms with Crippen LogP contribution in [-0.4, -0.2) is 49.5 Å². The molecule has 3 N–H and O–H groups in total. The molecule has 4 aromatic rings. The number of halogens is 2. The van der Waals surface area contributed by atoms with Crippen LogP contribution in [0.2, 0.25) is 0 Å². The molecule has 0 radical (unpaired) electrons. The maximum Gasteiger partial charge on any atom is 0.159 e. The number of aromatic amines is 2. The van der Waals surface area contributed by atoms with Crippen LogP contribution in [0, 0.1) is 11.6 Å². The van der Waals surface area contributed by atoms with E-state index in [1.54, 1.807) is 12.4 Å². The van der Waals surface area contributed by atoms with Crippen molar-refractivity contribution >= 4 is 11.6 Å². The fourth-order valence-corrected chi connectivity index (χ4v) is 4.47. The zero-order chi connectivity index (χ0) is 21.7. The third-order valence-corrected chi connectivity index (χ3v) is 6.20. The third-order valence-electron chi connectivity index (χ3n) is 6.20. The fourth-order valence-electron chi connectivity index (χ4n) is 4.47. The van der Waals surface area contributed by atoms with Crippen molar-refractivity contribution in [2.75, 3.05) is 23.3 Å². The molecule has 0 unspecified atom stereocenters. The van der Waals surface area contributed by atoms with E-state index in [1.807, 2.05) is 18.3 Å². The Morgan fingerprint density at radius 1 is 1.00 bits per heavy atom. The van der Waals surface area contributed by atoms with E-state index in [1.165, 1.54) is 12.1 Å². The Kier molecular flexibility index (Phi) is 4.37. The van der Waals surface area contributed by atoms with Crippen LogP contribution in [0.4, 0.5) is 20.4 Å². The van der Waals surface area contributed by atoms with E-state index in [0.29, 0.717) is 24.6 Å². The highest BCUT2D eigenvalue weighted by Gasteiger charge is 2.31. The number of anilines is 2. The van der Waals surface area contributed by atoms with Gasteiger partial charge in [-0.25, -0.2) is 18.7 Å². The summed E-state index contributed by atoms with van der Waals surface area (Å²) in [6.07, 6.45) is 6.59. The lowest BCUT2D eigenvalue weighted by Crippen LogP contribution is -2.45. The second kappa shape index (κ2) is 7.40. The lowest BCUT2D eigenvalue weighted by Gasteiger charge is -2.38. The van der Waals surface area contributed by atoms with Crippen LogP contribution in [0.5, 0.6) is 0 Å². The number of aromatic nitrogens is 6. The van der Waals surface area contributed by atoms with Crippen molar-refractivity contribution in [3.05, 3.63) is 71.3 Å². The van der Waals surface area contributed by atoms with Gasteiger partial charge in [0.15, 0.2) is 11.6 Å². The highest BCUT2D eigenvalue weighted by Crippen LogP contribution is 2.31. The first-order chi connectivity index (χ1) is 15.6. The summed E-state index contributed by atoms with van der Waals surface area (Å²) in [7, 11) is 0. The maximum absolute atomic E-state index is 13.5. The van der Waals surface area contributed by atoms with E-state index in [2.05, 4.69) is 40.6 Å². The van der Waals surface area contributed by atoms with E-state index in [-0.39, 0.29) is 6.04 Å². The molecule has 1 saturated heterocycles. The molecule has 0 saturated carbocycles. The molecule has 0 spiro atoms. The summed E-state index contributed by atoms with van der Waals surface area (Å²) >= 11 is 0. The second-order valence-corrected chi connectivity index (χ2v) is 8.33. The molecule has 6 rings (SSSR count). The second-order valence-electron chi connectivity index (χ2n) is 8.33. The predicted octanol–water partition coefficient (Wildman–Crippen LogP) is 3.05. The minimum atomic E-state index is -0.798. The summed E-state index contributed by atoms with van der Waals surface area (Å²) in [5.74, 6) is 1.19. The molecule has 0 amide bonds. The molecule has 0 bridgehead atoms. The van der Waals surface area contributed by atoms with Crippen LogP contribution in [0.1, 0.15) is 22.7 Å². The fraction of sp³-hybridized carbons (Fsp3) is 0.273. The molecule has 1 fully saturated rings. The lowest BCUT2D eigenvalue weighted by atomic mass is 9.97. The first kappa shape index (κ1) is 18.9. The number of hydrogen-bond acceptors (Lipinski definition) is 6. The van der Waals surface area contributed by atoms with Gasteiger partial charge < -0.3 is 15.2 Å². The molecule has 1 aromatic carbocycles. The smallest absolute Gasteiger partial charge is 0.159 e. The molecule has 8 nitrogen and oxygen atoms in total. The molecule has 32 heavy (non-hydrogen) atoms. The van der Waals surface area contributed by atoms with Crippen molar-refractivity contribution in [2.45, 2.75) is 24.8 Å². The average Bonchev–Trinajstić information content (AvgIpc) is 3.49. The number of imidazole rings is 1. The van der Waals surface area contributed by atoms with Gasteiger partial charge in [-0.1, -0.05) is 0 Å². The number of hydrogen-bond donors (Lipinski definition) is 3. The van der Waals surface area contributed by atoms with Gasteiger partial charge in [0.2, 0.25) is 0 Å². The number of pyridine rings is 1. The van der Waals surface area contributed by atoms with Gasteiger partial charge in [0.05, 0.1) is 18.1 Å². The van der Waals surface area contributed by atoms with Gasteiger partial charge in [-0.2, -0.15) is 15.4 Å². The zero-order valence-electron chi connectivity index (χ0n) is 17.0. The van der Waals surface area contributed by atoms with Crippen LogP contribution in [0.15, 0.2) is 42.9 Å². The normalized spacial score (nSPS) is 16.2. The first-order valence-corrected chi connectivity index (χ1v) is 10.5. The van der Waals surface area contributed by atoms with Gasteiger partial charge in [0.1, 0.15) is 17.5 Å². The zero-order valence-corrected chi connectivity index (χ0v) is 17.0. The standard InChI is InChI=1S/C22H20F2N8/c23-17-5-13-3-16(4-14(13)6-18(17)24)28-20-7-12(1-2-25-20)22-26-9-21(29-22)32-10-15(11-32)19-8-27-31-30-19/h1-2,5-9,15-16H,3-4,10-11H2,(H,25,28)(H,26,29)(H,27,30,31). The Balaban J connectivity index is 1.13. The summed E-state index contributed by atoms with van der Waals surface area (Å²) in [6, 6.07) is 6.46. The minimum Gasteiger partial charge on any atom is -0.367 e. The number of nitrogens with zero attached hydrogens (tertiary/aromatic N) is 5. The van der Waals surface area contributed by atoms with Crippen LogP contribution in [-0.2, 0) is 12.8 Å². The highest BCUT2D eigenvalue weighted by molar-refractivity contribution is 5.62. The van der Waals surface area contributed by atoms with Crippen molar-refractivity contribution < 1.29 is 8.78 Å². The van der Waals surface area contributed by atoms with Gasteiger partial charge in [0.25, 0.3) is 0 Å². The molecule has 0 atom stereocenters. The molecule has 4 heterocycles. The van der Waals surface area contributed by atoms with Crippen LogP contribution in [0.25, 0.3) is 11.4 Å². The number of benzene rings is 1. The van der Waals surface area contributed by atoms with Gasteiger partial charge in [-0.05, 0) is 48.2 Å². The Hall–Kier alpha value is -3.82. The van der Waals surface area contributed by atoms with Crippen molar-refractivity contribution in [1.82, 2.24) is 30.4 Å². The average molecular weight is 434 g/mol. The van der Waals surface area contributed by atoms with Crippen molar-refractivity contribution in [3.8, 4) is 11.4 Å². The molecular weight excluding hydrogens is 414 g/mol. The van der Waals surface area contributed by atoms with Gasteiger partial charge in [0, 0.05) is 36.8 Å². The molecule has 162 valence electrons. The quantitative estimate of drug-likeness (QED) is 0.447.